The number of halogens is 4. The van der Waals surface area contributed by atoms with Gasteiger partial charge < -0.3 is 10.0 Å². The first kappa shape index (κ1) is 19.1. The zero-order chi connectivity index (χ0) is 17.7. The fourth-order valence-electron chi connectivity index (χ4n) is 3.18. The summed E-state index contributed by atoms with van der Waals surface area (Å²) in [5.74, 6) is -0.849. The van der Waals surface area contributed by atoms with Crippen LogP contribution in [0.5, 0.6) is 0 Å². The van der Waals surface area contributed by atoms with E-state index in [4.69, 9.17) is 5.11 Å². The van der Waals surface area contributed by atoms with Gasteiger partial charge in [-0.1, -0.05) is 0 Å². The Hall–Kier alpha value is -1.18. The van der Waals surface area contributed by atoms with Gasteiger partial charge in [-0.15, -0.1) is 0 Å². The number of hydrogen-bond acceptors (Lipinski definition) is 3. The molecule has 0 bridgehead atoms. The molecule has 1 aromatic rings. The van der Waals surface area contributed by atoms with Crippen LogP contribution >= 0.6 is 0 Å². The summed E-state index contributed by atoms with van der Waals surface area (Å²) in [5.41, 5.74) is -0.578. The van der Waals surface area contributed by atoms with Crippen molar-refractivity contribution in [1.82, 2.24) is 9.80 Å². The summed E-state index contributed by atoms with van der Waals surface area (Å²) in [4.78, 5) is 4.28. The number of alkyl halides is 3. The van der Waals surface area contributed by atoms with Gasteiger partial charge in [0.15, 0.2) is 0 Å². The number of aliphatic hydroxyl groups is 1. The van der Waals surface area contributed by atoms with Crippen molar-refractivity contribution in [1.29, 1.82) is 0 Å². The maximum absolute atomic E-state index is 13.5. The summed E-state index contributed by atoms with van der Waals surface area (Å²) in [6.07, 6.45) is -1.95. The fourth-order valence-corrected chi connectivity index (χ4v) is 3.18. The maximum Gasteiger partial charge on any atom is 0.416 e. The molecule has 0 unspecified atom stereocenters. The van der Waals surface area contributed by atoms with Crippen LogP contribution in [0.2, 0.25) is 0 Å². The molecule has 0 aliphatic carbocycles. The highest BCUT2D eigenvalue weighted by Gasteiger charge is 2.31. The number of nitrogens with zero attached hydrogens (tertiary/aromatic N) is 2. The smallest absolute Gasteiger partial charge is 0.396 e. The molecule has 0 radical (unpaired) electrons. The van der Waals surface area contributed by atoms with Crippen LogP contribution < -0.4 is 0 Å². The number of piperidine rings is 1. The Kier molecular flexibility index (Phi) is 6.60. The second kappa shape index (κ2) is 8.27. The van der Waals surface area contributed by atoms with Crippen LogP contribution in [-0.2, 0) is 12.7 Å². The molecule has 24 heavy (non-hydrogen) atoms. The third-order valence-corrected chi connectivity index (χ3v) is 4.54. The van der Waals surface area contributed by atoms with Gasteiger partial charge >= 0.3 is 6.18 Å². The first-order valence-corrected chi connectivity index (χ1v) is 8.19. The van der Waals surface area contributed by atoms with E-state index in [-0.39, 0.29) is 6.61 Å². The molecule has 1 N–H and O–H groups in total. The molecule has 0 atom stereocenters. The molecule has 1 aliphatic rings. The average molecular weight is 348 g/mol. The number of hydrogen-bond donors (Lipinski definition) is 1. The van der Waals surface area contributed by atoms with Gasteiger partial charge in [0.25, 0.3) is 0 Å². The molecular formula is C17H24F4N2O. The number of likely N-dealkylation sites (tertiary alicyclic amines) is 1. The van der Waals surface area contributed by atoms with Gasteiger partial charge in [0.2, 0.25) is 0 Å². The standard InChI is InChI=1S/C17H24F4N2O/c1-22(5-2-8-24)16-3-6-23(7-4-16)12-13-9-14(17(19,20)21)11-15(18)10-13/h9-11,16,24H,2-8,12H2,1H3. The van der Waals surface area contributed by atoms with Crippen molar-refractivity contribution in [3.8, 4) is 0 Å². The van der Waals surface area contributed by atoms with Crippen molar-refractivity contribution in [2.24, 2.45) is 0 Å². The minimum atomic E-state index is -4.53. The van der Waals surface area contributed by atoms with Gasteiger partial charge in [-0.25, -0.2) is 4.39 Å². The third-order valence-electron chi connectivity index (χ3n) is 4.54. The molecule has 1 aromatic carbocycles. The predicted molar refractivity (Wildman–Crippen MR) is 84.0 cm³/mol. The van der Waals surface area contributed by atoms with Gasteiger partial charge in [-0.2, -0.15) is 13.2 Å². The summed E-state index contributed by atoms with van der Waals surface area (Å²) >= 11 is 0. The average Bonchev–Trinajstić information content (AvgIpc) is 2.52. The van der Waals surface area contributed by atoms with Crippen LogP contribution in [0.25, 0.3) is 0 Å². The van der Waals surface area contributed by atoms with Gasteiger partial charge in [-0.3, -0.25) is 4.90 Å². The molecule has 1 aliphatic heterocycles. The quantitative estimate of drug-likeness (QED) is 0.800. The van der Waals surface area contributed by atoms with E-state index < -0.39 is 17.6 Å². The van der Waals surface area contributed by atoms with E-state index in [1.807, 2.05) is 7.05 Å². The molecule has 0 saturated carbocycles. The maximum atomic E-state index is 13.5. The topological polar surface area (TPSA) is 26.7 Å². The Morgan fingerprint density at radius 1 is 1.21 bits per heavy atom. The lowest BCUT2D eigenvalue weighted by Gasteiger charge is -2.36. The van der Waals surface area contributed by atoms with E-state index in [1.165, 1.54) is 6.07 Å². The van der Waals surface area contributed by atoms with E-state index in [9.17, 15) is 17.6 Å². The van der Waals surface area contributed by atoms with Gasteiger partial charge in [0.05, 0.1) is 5.56 Å². The van der Waals surface area contributed by atoms with Crippen LogP contribution in [0.1, 0.15) is 30.4 Å². The summed E-state index contributed by atoms with van der Waals surface area (Å²) < 4.78 is 51.7. The second-order valence-electron chi connectivity index (χ2n) is 6.41. The first-order valence-electron chi connectivity index (χ1n) is 8.19. The minimum absolute atomic E-state index is 0.171. The van der Waals surface area contributed by atoms with Gasteiger partial charge in [0.1, 0.15) is 5.82 Å². The molecule has 0 spiro atoms. The number of benzene rings is 1. The molecule has 0 aromatic heterocycles. The zero-order valence-corrected chi connectivity index (χ0v) is 13.8. The Morgan fingerprint density at radius 2 is 1.88 bits per heavy atom. The highest BCUT2D eigenvalue weighted by atomic mass is 19.4. The van der Waals surface area contributed by atoms with E-state index in [2.05, 4.69) is 9.80 Å². The fraction of sp³-hybridized carbons (Fsp3) is 0.647. The molecule has 0 amide bonds. The molecular weight excluding hydrogens is 324 g/mol. The largest absolute Gasteiger partial charge is 0.416 e. The molecule has 2 rings (SSSR count). The third kappa shape index (κ3) is 5.43. The molecule has 136 valence electrons. The number of rotatable bonds is 6. The van der Waals surface area contributed by atoms with E-state index in [1.54, 1.807) is 0 Å². The van der Waals surface area contributed by atoms with E-state index in [0.29, 0.717) is 24.2 Å². The van der Waals surface area contributed by atoms with Crippen molar-refractivity contribution in [3.63, 3.8) is 0 Å². The Bertz CT molecular complexity index is 528. The van der Waals surface area contributed by atoms with Crippen LogP contribution in [0.15, 0.2) is 18.2 Å². The van der Waals surface area contributed by atoms with Gasteiger partial charge in [-0.05, 0) is 63.2 Å². The lowest BCUT2D eigenvalue weighted by Crippen LogP contribution is -2.43. The Labute approximate surface area is 139 Å². The normalized spacial score (nSPS) is 17.6. The Balaban J connectivity index is 1.91. The molecule has 7 heteroatoms. The minimum Gasteiger partial charge on any atom is -0.396 e. The predicted octanol–water partition coefficient (Wildman–Crippen LogP) is 3.12. The lowest BCUT2D eigenvalue weighted by molar-refractivity contribution is -0.137. The summed E-state index contributed by atoms with van der Waals surface area (Å²) in [5, 5.41) is 8.88. The highest BCUT2D eigenvalue weighted by Crippen LogP contribution is 2.31. The van der Waals surface area contributed by atoms with Crippen molar-refractivity contribution >= 4 is 0 Å². The van der Waals surface area contributed by atoms with Crippen molar-refractivity contribution in [2.75, 3.05) is 33.3 Å². The monoisotopic (exact) mass is 348 g/mol. The summed E-state index contributed by atoms with van der Waals surface area (Å²) in [6.45, 7) is 2.87. The SMILES string of the molecule is CN(CCCO)C1CCN(Cc2cc(F)cc(C(F)(F)F)c2)CC1. The number of aliphatic hydroxyl groups excluding tert-OH is 1. The van der Waals surface area contributed by atoms with Crippen molar-refractivity contribution in [3.05, 3.63) is 35.1 Å². The zero-order valence-electron chi connectivity index (χ0n) is 13.8. The summed E-state index contributed by atoms with van der Waals surface area (Å²) in [6, 6.07) is 3.16. The van der Waals surface area contributed by atoms with Crippen LogP contribution in [0, 0.1) is 5.82 Å². The lowest BCUT2D eigenvalue weighted by atomic mass is 10.0. The van der Waals surface area contributed by atoms with Gasteiger partial charge in [0, 0.05) is 25.7 Å². The van der Waals surface area contributed by atoms with Crippen molar-refractivity contribution < 1.29 is 22.7 Å². The highest BCUT2D eigenvalue weighted by molar-refractivity contribution is 5.26. The Morgan fingerprint density at radius 3 is 2.46 bits per heavy atom. The summed E-state index contributed by atoms with van der Waals surface area (Å²) in [7, 11) is 2.03. The van der Waals surface area contributed by atoms with Crippen LogP contribution in [-0.4, -0.2) is 54.2 Å². The molecule has 1 saturated heterocycles. The molecule has 1 fully saturated rings. The van der Waals surface area contributed by atoms with E-state index >= 15 is 0 Å². The molecule has 3 nitrogen and oxygen atoms in total. The van der Waals surface area contributed by atoms with Crippen LogP contribution in [0.4, 0.5) is 17.6 Å². The van der Waals surface area contributed by atoms with Crippen LogP contribution in [0.3, 0.4) is 0 Å². The van der Waals surface area contributed by atoms with E-state index in [0.717, 1.165) is 45.0 Å². The first-order chi connectivity index (χ1) is 11.3. The molecule has 1 heterocycles. The second-order valence-corrected chi connectivity index (χ2v) is 6.41. The van der Waals surface area contributed by atoms with Crippen molar-refractivity contribution in [2.45, 2.75) is 38.0 Å².